The van der Waals surface area contributed by atoms with Crippen molar-refractivity contribution in [3.8, 4) is 0 Å². The molecule has 0 atom stereocenters. The molecule has 0 radical (unpaired) electrons. The number of hydrogen-bond donors (Lipinski definition) is 2. The van der Waals surface area contributed by atoms with Crippen molar-refractivity contribution in [2.24, 2.45) is 5.73 Å². The predicted molar refractivity (Wildman–Crippen MR) is 91.9 cm³/mol. The molecule has 3 heterocycles. The zero-order valence-electron chi connectivity index (χ0n) is 13.8. The van der Waals surface area contributed by atoms with E-state index in [9.17, 15) is 4.79 Å². The predicted octanol–water partition coefficient (Wildman–Crippen LogP) is 1.59. The highest BCUT2D eigenvalue weighted by Gasteiger charge is 2.24. The van der Waals surface area contributed by atoms with Crippen molar-refractivity contribution in [2.75, 3.05) is 25.0 Å². The van der Waals surface area contributed by atoms with Crippen LogP contribution in [0.5, 0.6) is 0 Å². The van der Waals surface area contributed by atoms with Crippen molar-refractivity contribution in [2.45, 2.75) is 25.7 Å². The standard InChI is InChI=1S/C17H22N6O/c1-12-2-3-15(20-11-12)22-17-19-7-4-14(21-17)13-5-8-23(9-6-13)16(24)10-18/h2-4,7,11,13H,5-6,8-10,18H2,1H3,(H,19,20,21,22). The number of pyridine rings is 1. The molecule has 126 valence electrons. The third kappa shape index (κ3) is 3.86. The molecule has 24 heavy (non-hydrogen) atoms. The van der Waals surface area contributed by atoms with Gasteiger partial charge in [0.1, 0.15) is 5.82 Å². The fourth-order valence-electron chi connectivity index (χ4n) is 2.87. The smallest absolute Gasteiger partial charge is 0.236 e. The number of nitrogens with zero attached hydrogens (tertiary/aromatic N) is 4. The first-order valence-electron chi connectivity index (χ1n) is 8.16. The number of carbonyl (C=O) groups is 1. The minimum atomic E-state index is 0.0175. The SMILES string of the molecule is Cc1ccc(Nc2nccc(C3CCN(C(=O)CN)CC3)n2)nc1. The Kier molecular flexibility index (Phi) is 5.00. The van der Waals surface area contributed by atoms with Crippen LogP contribution in [-0.2, 0) is 4.79 Å². The second kappa shape index (κ2) is 7.35. The van der Waals surface area contributed by atoms with Gasteiger partial charge < -0.3 is 16.0 Å². The Morgan fingerprint density at radius 3 is 2.75 bits per heavy atom. The summed E-state index contributed by atoms with van der Waals surface area (Å²) in [7, 11) is 0. The van der Waals surface area contributed by atoms with Crippen LogP contribution in [0.4, 0.5) is 11.8 Å². The van der Waals surface area contributed by atoms with Crippen LogP contribution in [0.25, 0.3) is 0 Å². The number of aromatic nitrogens is 3. The Hall–Kier alpha value is -2.54. The summed E-state index contributed by atoms with van der Waals surface area (Å²) >= 11 is 0. The van der Waals surface area contributed by atoms with Crippen molar-refractivity contribution in [1.29, 1.82) is 0 Å². The van der Waals surface area contributed by atoms with Gasteiger partial charge in [0.15, 0.2) is 0 Å². The molecule has 0 unspecified atom stereocenters. The molecule has 1 saturated heterocycles. The van der Waals surface area contributed by atoms with Crippen molar-refractivity contribution >= 4 is 17.7 Å². The van der Waals surface area contributed by atoms with E-state index < -0.39 is 0 Å². The Morgan fingerprint density at radius 1 is 1.29 bits per heavy atom. The monoisotopic (exact) mass is 326 g/mol. The molecule has 1 amide bonds. The summed E-state index contributed by atoms with van der Waals surface area (Å²) in [6, 6.07) is 5.84. The molecule has 0 spiro atoms. The summed E-state index contributed by atoms with van der Waals surface area (Å²) in [4.78, 5) is 26.7. The summed E-state index contributed by atoms with van der Waals surface area (Å²) < 4.78 is 0. The maximum absolute atomic E-state index is 11.6. The van der Waals surface area contributed by atoms with Crippen LogP contribution in [0, 0.1) is 6.92 Å². The Labute approximate surface area is 141 Å². The van der Waals surface area contributed by atoms with Crippen LogP contribution in [0.15, 0.2) is 30.6 Å². The molecule has 1 fully saturated rings. The van der Waals surface area contributed by atoms with E-state index in [1.807, 2.05) is 30.0 Å². The molecule has 1 aliphatic rings. The van der Waals surface area contributed by atoms with Gasteiger partial charge in [-0.15, -0.1) is 0 Å². The van der Waals surface area contributed by atoms with E-state index in [1.165, 1.54) is 0 Å². The topological polar surface area (TPSA) is 97.0 Å². The summed E-state index contributed by atoms with van der Waals surface area (Å²) in [5.41, 5.74) is 7.53. The lowest BCUT2D eigenvalue weighted by Crippen LogP contribution is -2.41. The second-order valence-corrected chi connectivity index (χ2v) is 6.01. The average molecular weight is 326 g/mol. The molecular formula is C17H22N6O. The van der Waals surface area contributed by atoms with Gasteiger partial charge >= 0.3 is 0 Å². The van der Waals surface area contributed by atoms with E-state index >= 15 is 0 Å². The van der Waals surface area contributed by atoms with Crippen molar-refractivity contribution < 1.29 is 4.79 Å². The number of carbonyl (C=O) groups excluding carboxylic acids is 1. The van der Waals surface area contributed by atoms with E-state index in [0.717, 1.165) is 43.0 Å². The molecule has 0 bridgehead atoms. The normalized spacial score (nSPS) is 15.3. The molecule has 7 heteroatoms. The maximum atomic E-state index is 11.6. The number of likely N-dealkylation sites (tertiary alicyclic amines) is 1. The third-order valence-electron chi connectivity index (χ3n) is 4.27. The molecule has 3 N–H and O–H groups in total. The second-order valence-electron chi connectivity index (χ2n) is 6.01. The fourth-order valence-corrected chi connectivity index (χ4v) is 2.87. The number of piperidine rings is 1. The van der Waals surface area contributed by atoms with Crippen LogP contribution < -0.4 is 11.1 Å². The lowest BCUT2D eigenvalue weighted by molar-refractivity contribution is -0.130. The molecule has 7 nitrogen and oxygen atoms in total. The molecule has 1 aliphatic heterocycles. The third-order valence-corrected chi connectivity index (χ3v) is 4.27. The molecular weight excluding hydrogens is 304 g/mol. The Bertz CT molecular complexity index is 694. The largest absolute Gasteiger partial charge is 0.342 e. The molecule has 0 aromatic carbocycles. The minimum absolute atomic E-state index is 0.0175. The van der Waals surface area contributed by atoms with Gasteiger partial charge in [0.05, 0.1) is 6.54 Å². The maximum Gasteiger partial charge on any atom is 0.236 e. The number of amides is 1. The van der Waals surface area contributed by atoms with Gasteiger partial charge in [-0.2, -0.15) is 0 Å². The van der Waals surface area contributed by atoms with Crippen LogP contribution >= 0.6 is 0 Å². The molecule has 0 saturated carbocycles. The van der Waals surface area contributed by atoms with Gasteiger partial charge in [-0.3, -0.25) is 4.79 Å². The quantitative estimate of drug-likeness (QED) is 0.885. The van der Waals surface area contributed by atoms with Gasteiger partial charge in [0, 0.05) is 37.1 Å². The molecule has 2 aromatic rings. The zero-order valence-corrected chi connectivity index (χ0v) is 13.8. The van der Waals surface area contributed by atoms with E-state index in [-0.39, 0.29) is 12.5 Å². The fraction of sp³-hybridized carbons (Fsp3) is 0.412. The first-order chi connectivity index (χ1) is 11.7. The zero-order chi connectivity index (χ0) is 16.9. The van der Waals surface area contributed by atoms with Gasteiger partial charge in [0.25, 0.3) is 0 Å². The van der Waals surface area contributed by atoms with Gasteiger partial charge in [-0.05, 0) is 37.5 Å². The number of rotatable bonds is 4. The summed E-state index contributed by atoms with van der Waals surface area (Å²) in [6.07, 6.45) is 5.35. The molecule has 0 aliphatic carbocycles. The summed E-state index contributed by atoms with van der Waals surface area (Å²) in [5, 5.41) is 3.13. The van der Waals surface area contributed by atoms with Crippen molar-refractivity contribution in [3.05, 3.63) is 41.9 Å². The lowest BCUT2D eigenvalue weighted by Gasteiger charge is -2.31. The van der Waals surface area contributed by atoms with Gasteiger partial charge in [-0.25, -0.2) is 15.0 Å². The Balaban J connectivity index is 1.65. The number of aryl methyl sites for hydroxylation is 1. The average Bonchev–Trinajstić information content (AvgIpc) is 2.63. The van der Waals surface area contributed by atoms with E-state index in [4.69, 9.17) is 5.73 Å². The number of hydrogen-bond acceptors (Lipinski definition) is 6. The minimum Gasteiger partial charge on any atom is -0.342 e. The number of nitrogens with one attached hydrogen (secondary N) is 1. The first kappa shape index (κ1) is 16.3. The number of anilines is 2. The van der Waals surface area contributed by atoms with E-state index in [0.29, 0.717) is 11.9 Å². The highest BCUT2D eigenvalue weighted by molar-refractivity contribution is 5.78. The molecule has 3 rings (SSSR count). The van der Waals surface area contributed by atoms with Gasteiger partial charge in [0.2, 0.25) is 11.9 Å². The van der Waals surface area contributed by atoms with Crippen LogP contribution in [-0.4, -0.2) is 45.4 Å². The van der Waals surface area contributed by atoms with Crippen molar-refractivity contribution in [3.63, 3.8) is 0 Å². The lowest BCUT2D eigenvalue weighted by atomic mass is 9.93. The Morgan fingerprint density at radius 2 is 2.08 bits per heavy atom. The van der Waals surface area contributed by atoms with E-state index in [1.54, 1.807) is 12.4 Å². The molecule has 2 aromatic heterocycles. The van der Waals surface area contributed by atoms with Crippen LogP contribution in [0.3, 0.4) is 0 Å². The van der Waals surface area contributed by atoms with Gasteiger partial charge in [-0.1, -0.05) is 6.07 Å². The number of nitrogens with two attached hydrogens (primary N) is 1. The highest BCUT2D eigenvalue weighted by atomic mass is 16.2. The highest BCUT2D eigenvalue weighted by Crippen LogP contribution is 2.27. The van der Waals surface area contributed by atoms with Crippen molar-refractivity contribution in [1.82, 2.24) is 19.9 Å². The first-order valence-corrected chi connectivity index (χ1v) is 8.16. The van der Waals surface area contributed by atoms with E-state index in [2.05, 4.69) is 20.3 Å². The summed E-state index contributed by atoms with van der Waals surface area (Å²) in [5.74, 6) is 1.62. The van der Waals surface area contributed by atoms with Crippen LogP contribution in [0.2, 0.25) is 0 Å². The summed E-state index contributed by atoms with van der Waals surface area (Å²) in [6.45, 7) is 3.53. The van der Waals surface area contributed by atoms with Crippen LogP contribution in [0.1, 0.15) is 30.0 Å².